The Labute approximate surface area is 118 Å². The quantitative estimate of drug-likeness (QED) is 0.872. The third kappa shape index (κ3) is 2.60. The third-order valence-electron chi connectivity index (χ3n) is 3.99. The summed E-state index contributed by atoms with van der Waals surface area (Å²) >= 11 is 3.44. The number of aromatic nitrogens is 3. The molecule has 0 aliphatic rings. The van der Waals surface area contributed by atoms with E-state index in [-0.39, 0.29) is 11.6 Å². The Balaban J connectivity index is 3.16. The fourth-order valence-electron chi connectivity index (χ4n) is 2.55. The van der Waals surface area contributed by atoms with Crippen molar-refractivity contribution in [1.82, 2.24) is 19.9 Å². The first kappa shape index (κ1) is 15.6. The highest BCUT2D eigenvalue weighted by Crippen LogP contribution is 2.34. The highest BCUT2D eigenvalue weighted by Gasteiger charge is 2.38. The van der Waals surface area contributed by atoms with Crippen LogP contribution in [0.4, 0.5) is 0 Å². The standard InChI is InChI=1S/C12H24BrN5/c1-6-12(4,18(7-2)8-3)10(14)9-11(13)15-16-17(9)5/h10H,6-8,14H2,1-5H3. The van der Waals surface area contributed by atoms with E-state index in [1.54, 1.807) is 4.68 Å². The molecule has 0 bridgehead atoms. The minimum Gasteiger partial charge on any atom is -0.321 e. The van der Waals surface area contributed by atoms with Gasteiger partial charge in [-0.3, -0.25) is 4.90 Å². The molecule has 2 atom stereocenters. The average molecular weight is 318 g/mol. The summed E-state index contributed by atoms with van der Waals surface area (Å²) in [5.41, 5.74) is 7.36. The zero-order valence-electron chi connectivity index (χ0n) is 11.9. The fourth-order valence-corrected chi connectivity index (χ4v) is 3.12. The van der Waals surface area contributed by atoms with Gasteiger partial charge in [0.2, 0.25) is 0 Å². The maximum absolute atomic E-state index is 6.51. The lowest BCUT2D eigenvalue weighted by molar-refractivity contribution is 0.0814. The van der Waals surface area contributed by atoms with Crippen LogP contribution in [0.2, 0.25) is 0 Å². The van der Waals surface area contributed by atoms with Crippen LogP contribution in [0, 0.1) is 0 Å². The molecule has 2 N–H and O–H groups in total. The molecule has 2 unspecified atom stereocenters. The van der Waals surface area contributed by atoms with Crippen LogP contribution in [0.25, 0.3) is 0 Å². The normalized spacial score (nSPS) is 16.9. The van der Waals surface area contributed by atoms with Crippen molar-refractivity contribution in [1.29, 1.82) is 0 Å². The van der Waals surface area contributed by atoms with Gasteiger partial charge in [0.05, 0.1) is 11.7 Å². The summed E-state index contributed by atoms with van der Waals surface area (Å²) in [6, 6.07) is -0.128. The number of hydrogen-bond donors (Lipinski definition) is 1. The van der Waals surface area contributed by atoms with Gasteiger partial charge in [0.25, 0.3) is 0 Å². The van der Waals surface area contributed by atoms with E-state index < -0.39 is 0 Å². The van der Waals surface area contributed by atoms with Gasteiger partial charge in [-0.25, -0.2) is 4.68 Å². The van der Waals surface area contributed by atoms with Crippen molar-refractivity contribution in [3.8, 4) is 0 Å². The van der Waals surface area contributed by atoms with E-state index in [2.05, 4.69) is 58.8 Å². The first-order valence-corrected chi connectivity index (χ1v) is 7.27. The van der Waals surface area contributed by atoms with Gasteiger partial charge in [-0.05, 0) is 42.4 Å². The first-order chi connectivity index (χ1) is 8.42. The maximum Gasteiger partial charge on any atom is 0.153 e. The minimum atomic E-state index is -0.128. The molecule has 1 rings (SSSR count). The number of rotatable bonds is 6. The average Bonchev–Trinajstić information content (AvgIpc) is 2.69. The molecular weight excluding hydrogens is 294 g/mol. The lowest BCUT2D eigenvalue weighted by atomic mass is 9.86. The predicted octanol–water partition coefficient (Wildman–Crippen LogP) is 2.09. The van der Waals surface area contributed by atoms with E-state index in [0.29, 0.717) is 0 Å². The van der Waals surface area contributed by atoms with Crippen molar-refractivity contribution in [3.63, 3.8) is 0 Å². The second-order valence-electron chi connectivity index (χ2n) is 4.75. The largest absolute Gasteiger partial charge is 0.321 e. The second-order valence-corrected chi connectivity index (χ2v) is 5.50. The van der Waals surface area contributed by atoms with Crippen LogP contribution in [0.5, 0.6) is 0 Å². The molecule has 1 aromatic heterocycles. The van der Waals surface area contributed by atoms with Gasteiger partial charge in [0.1, 0.15) is 0 Å². The van der Waals surface area contributed by atoms with Crippen LogP contribution in [-0.4, -0.2) is 38.5 Å². The first-order valence-electron chi connectivity index (χ1n) is 6.48. The van der Waals surface area contributed by atoms with Gasteiger partial charge in [0.15, 0.2) is 4.60 Å². The van der Waals surface area contributed by atoms with Gasteiger partial charge in [0, 0.05) is 12.6 Å². The molecule has 1 heterocycles. The van der Waals surface area contributed by atoms with E-state index in [1.165, 1.54) is 0 Å². The molecule has 0 spiro atoms. The lowest BCUT2D eigenvalue weighted by Crippen LogP contribution is -2.53. The molecule has 0 aromatic carbocycles. The molecule has 0 saturated heterocycles. The monoisotopic (exact) mass is 317 g/mol. The van der Waals surface area contributed by atoms with E-state index in [4.69, 9.17) is 5.73 Å². The molecule has 0 aliphatic heterocycles. The van der Waals surface area contributed by atoms with Crippen molar-refractivity contribution in [2.45, 2.75) is 45.7 Å². The molecule has 5 nitrogen and oxygen atoms in total. The Morgan fingerprint density at radius 3 is 2.28 bits per heavy atom. The summed E-state index contributed by atoms with van der Waals surface area (Å²) in [5, 5.41) is 8.04. The van der Waals surface area contributed by atoms with Crippen molar-refractivity contribution < 1.29 is 0 Å². The highest BCUT2D eigenvalue weighted by atomic mass is 79.9. The van der Waals surface area contributed by atoms with Crippen LogP contribution in [0.15, 0.2) is 4.60 Å². The molecule has 104 valence electrons. The van der Waals surface area contributed by atoms with E-state index in [9.17, 15) is 0 Å². The van der Waals surface area contributed by atoms with Crippen LogP contribution in [0.3, 0.4) is 0 Å². The molecular formula is C12H24BrN5. The van der Waals surface area contributed by atoms with Crippen molar-refractivity contribution in [3.05, 3.63) is 10.3 Å². The summed E-state index contributed by atoms with van der Waals surface area (Å²) in [4.78, 5) is 2.40. The second kappa shape index (κ2) is 6.12. The molecule has 1 aromatic rings. The molecule has 0 aliphatic carbocycles. The van der Waals surface area contributed by atoms with Crippen LogP contribution in [0.1, 0.15) is 45.9 Å². The molecule has 0 amide bonds. The number of hydrogen-bond acceptors (Lipinski definition) is 4. The summed E-state index contributed by atoms with van der Waals surface area (Å²) in [7, 11) is 1.88. The van der Waals surface area contributed by atoms with Gasteiger partial charge in [-0.2, -0.15) is 0 Å². The van der Waals surface area contributed by atoms with Gasteiger partial charge >= 0.3 is 0 Å². The van der Waals surface area contributed by atoms with Crippen LogP contribution < -0.4 is 5.73 Å². The summed E-state index contributed by atoms with van der Waals surface area (Å²) in [6.45, 7) is 10.7. The number of nitrogens with zero attached hydrogens (tertiary/aromatic N) is 4. The molecule has 0 saturated carbocycles. The van der Waals surface area contributed by atoms with Crippen LogP contribution >= 0.6 is 15.9 Å². The minimum absolute atomic E-state index is 0.0957. The highest BCUT2D eigenvalue weighted by molar-refractivity contribution is 9.10. The zero-order chi connectivity index (χ0) is 13.9. The Bertz CT molecular complexity index is 368. The Kier molecular flexibility index (Phi) is 5.31. The van der Waals surface area contributed by atoms with Crippen molar-refractivity contribution in [2.24, 2.45) is 12.8 Å². The molecule has 0 radical (unpaired) electrons. The number of halogens is 1. The summed E-state index contributed by atoms with van der Waals surface area (Å²) in [6.07, 6.45) is 0.980. The Morgan fingerprint density at radius 2 is 1.94 bits per heavy atom. The SMILES string of the molecule is CCN(CC)C(C)(CC)C(N)c1c(Br)nnn1C. The summed E-state index contributed by atoms with van der Waals surface area (Å²) < 4.78 is 2.50. The fraction of sp³-hybridized carbons (Fsp3) is 0.833. The van der Waals surface area contributed by atoms with Gasteiger partial charge < -0.3 is 5.73 Å². The van der Waals surface area contributed by atoms with Crippen molar-refractivity contribution in [2.75, 3.05) is 13.1 Å². The molecule has 6 heteroatoms. The number of nitrogens with two attached hydrogens (primary N) is 1. The molecule has 0 fully saturated rings. The van der Waals surface area contributed by atoms with Crippen LogP contribution in [-0.2, 0) is 7.05 Å². The Hall–Kier alpha value is -0.460. The third-order valence-corrected chi connectivity index (χ3v) is 4.56. The maximum atomic E-state index is 6.51. The van der Waals surface area contributed by atoms with Gasteiger partial charge in [-0.15, -0.1) is 5.10 Å². The van der Waals surface area contributed by atoms with Gasteiger partial charge in [-0.1, -0.05) is 26.0 Å². The smallest absolute Gasteiger partial charge is 0.153 e. The van der Waals surface area contributed by atoms with E-state index >= 15 is 0 Å². The van der Waals surface area contributed by atoms with E-state index in [1.807, 2.05) is 7.05 Å². The number of likely N-dealkylation sites (N-methyl/N-ethyl adjacent to an activating group) is 1. The Morgan fingerprint density at radius 1 is 1.39 bits per heavy atom. The van der Waals surface area contributed by atoms with E-state index in [0.717, 1.165) is 29.8 Å². The predicted molar refractivity (Wildman–Crippen MR) is 77.2 cm³/mol. The topological polar surface area (TPSA) is 60.0 Å². The lowest BCUT2D eigenvalue weighted by Gasteiger charge is -2.44. The van der Waals surface area contributed by atoms with Crippen molar-refractivity contribution >= 4 is 15.9 Å². The zero-order valence-corrected chi connectivity index (χ0v) is 13.5. The summed E-state index contributed by atoms with van der Waals surface area (Å²) in [5.74, 6) is 0. The number of aryl methyl sites for hydroxylation is 1. The molecule has 18 heavy (non-hydrogen) atoms.